The van der Waals surface area contributed by atoms with Crippen LogP contribution in [0, 0.1) is 5.82 Å². The second-order valence-electron chi connectivity index (χ2n) is 6.98. The summed E-state index contributed by atoms with van der Waals surface area (Å²) in [6.45, 7) is 3.35. The van der Waals surface area contributed by atoms with E-state index in [-0.39, 0.29) is 11.7 Å². The van der Waals surface area contributed by atoms with Crippen molar-refractivity contribution in [1.29, 1.82) is 0 Å². The average Bonchev–Trinajstić information content (AvgIpc) is 2.74. The van der Waals surface area contributed by atoms with E-state index >= 15 is 0 Å². The van der Waals surface area contributed by atoms with Crippen molar-refractivity contribution in [3.05, 3.63) is 53.3 Å². The number of hydrogen-bond acceptors (Lipinski definition) is 5. The van der Waals surface area contributed by atoms with Crippen molar-refractivity contribution in [3.8, 4) is 17.2 Å². The van der Waals surface area contributed by atoms with Crippen molar-refractivity contribution in [1.82, 2.24) is 9.80 Å². The van der Waals surface area contributed by atoms with Crippen LogP contribution in [0.5, 0.6) is 17.2 Å². The van der Waals surface area contributed by atoms with E-state index in [1.807, 2.05) is 23.1 Å². The summed E-state index contributed by atoms with van der Waals surface area (Å²) in [7, 11) is 4.75. The van der Waals surface area contributed by atoms with E-state index in [9.17, 15) is 9.18 Å². The summed E-state index contributed by atoms with van der Waals surface area (Å²) < 4.78 is 29.4. The van der Waals surface area contributed by atoms with Crippen molar-refractivity contribution in [2.24, 2.45) is 0 Å². The van der Waals surface area contributed by atoms with Gasteiger partial charge < -0.3 is 19.1 Å². The number of ether oxygens (including phenoxy) is 3. The Kier molecular flexibility index (Phi) is 6.93. The number of carbonyl (C=O) groups excluding carboxylic acids is 1. The molecule has 0 aromatic heterocycles. The topological polar surface area (TPSA) is 51.2 Å². The first-order valence-corrected chi connectivity index (χ1v) is 9.57. The number of halogens is 1. The summed E-state index contributed by atoms with van der Waals surface area (Å²) in [6.07, 6.45) is 0.318. The Labute approximate surface area is 170 Å². The summed E-state index contributed by atoms with van der Waals surface area (Å²) in [5.74, 6) is 1.75. The number of nitrogens with zero attached hydrogens (tertiary/aromatic N) is 2. The maximum absolute atomic E-state index is 13.6. The molecule has 1 fully saturated rings. The van der Waals surface area contributed by atoms with Crippen LogP contribution < -0.4 is 14.2 Å². The van der Waals surface area contributed by atoms with Crippen LogP contribution in [0.3, 0.4) is 0 Å². The molecule has 0 aliphatic carbocycles. The number of methoxy groups -OCH3 is 3. The molecule has 6 nitrogen and oxygen atoms in total. The minimum atomic E-state index is -0.274. The first kappa shape index (κ1) is 20.9. The van der Waals surface area contributed by atoms with Crippen molar-refractivity contribution in [2.45, 2.75) is 13.0 Å². The number of rotatable bonds is 7. The van der Waals surface area contributed by atoms with Crippen LogP contribution in [0.4, 0.5) is 4.39 Å². The summed E-state index contributed by atoms with van der Waals surface area (Å²) >= 11 is 0. The highest BCUT2D eigenvalue weighted by molar-refractivity contribution is 5.79. The molecule has 1 amide bonds. The smallest absolute Gasteiger partial charge is 0.227 e. The Morgan fingerprint density at radius 3 is 2.21 bits per heavy atom. The van der Waals surface area contributed by atoms with Crippen molar-refractivity contribution < 1.29 is 23.4 Å². The van der Waals surface area contributed by atoms with Crippen LogP contribution in [-0.2, 0) is 17.8 Å². The molecule has 0 saturated carbocycles. The fourth-order valence-corrected chi connectivity index (χ4v) is 3.54. The Morgan fingerprint density at radius 2 is 1.55 bits per heavy atom. The summed E-state index contributed by atoms with van der Waals surface area (Å²) in [6, 6.07) is 10.1. The fraction of sp³-hybridized carbons (Fsp3) is 0.409. The Hall–Kier alpha value is -2.80. The van der Waals surface area contributed by atoms with Gasteiger partial charge in [0.25, 0.3) is 0 Å². The lowest BCUT2D eigenvalue weighted by atomic mass is 10.1. The van der Waals surface area contributed by atoms with Gasteiger partial charge in [-0.2, -0.15) is 0 Å². The van der Waals surface area contributed by atoms with Gasteiger partial charge in [-0.3, -0.25) is 9.69 Å². The monoisotopic (exact) mass is 402 g/mol. The second kappa shape index (κ2) is 9.60. The molecule has 0 bridgehead atoms. The first-order chi connectivity index (χ1) is 14.0. The van der Waals surface area contributed by atoms with Crippen molar-refractivity contribution >= 4 is 5.91 Å². The molecule has 156 valence electrons. The standard InChI is InChI=1S/C22H27FN2O4/c1-27-19-7-5-18(23)14-17(19)15-24-8-10-25(11-9-24)22(26)13-16-4-6-20(28-2)21(12-16)29-3/h4-7,12,14H,8-11,13,15H2,1-3H3. The molecule has 0 spiro atoms. The van der Waals surface area contributed by atoms with Crippen LogP contribution in [-0.4, -0.2) is 63.2 Å². The normalized spacial score (nSPS) is 14.6. The lowest BCUT2D eigenvalue weighted by molar-refractivity contribution is -0.132. The Morgan fingerprint density at radius 1 is 0.897 bits per heavy atom. The summed E-state index contributed by atoms with van der Waals surface area (Å²) in [4.78, 5) is 16.8. The third-order valence-corrected chi connectivity index (χ3v) is 5.16. The number of piperazine rings is 1. The molecule has 3 rings (SSSR count). The van der Waals surface area contributed by atoms with Gasteiger partial charge in [0.15, 0.2) is 11.5 Å². The van der Waals surface area contributed by atoms with Gasteiger partial charge in [0.05, 0.1) is 27.8 Å². The zero-order valence-corrected chi connectivity index (χ0v) is 17.1. The fourth-order valence-electron chi connectivity index (χ4n) is 3.54. The van der Waals surface area contributed by atoms with E-state index in [1.165, 1.54) is 12.1 Å². The van der Waals surface area contributed by atoms with E-state index in [1.54, 1.807) is 27.4 Å². The lowest BCUT2D eigenvalue weighted by Crippen LogP contribution is -2.48. The zero-order chi connectivity index (χ0) is 20.8. The van der Waals surface area contributed by atoms with Gasteiger partial charge in [-0.25, -0.2) is 4.39 Å². The molecule has 29 heavy (non-hydrogen) atoms. The minimum absolute atomic E-state index is 0.0835. The lowest BCUT2D eigenvalue weighted by Gasteiger charge is -2.35. The molecule has 7 heteroatoms. The number of amides is 1. The number of benzene rings is 2. The van der Waals surface area contributed by atoms with Gasteiger partial charge in [0.1, 0.15) is 11.6 Å². The SMILES string of the molecule is COc1ccc(F)cc1CN1CCN(C(=O)Cc2ccc(OC)c(OC)c2)CC1. The van der Waals surface area contributed by atoms with Crippen LogP contribution in [0.1, 0.15) is 11.1 Å². The van der Waals surface area contributed by atoms with Crippen molar-refractivity contribution in [3.63, 3.8) is 0 Å². The van der Waals surface area contributed by atoms with Crippen LogP contribution in [0.15, 0.2) is 36.4 Å². The summed E-state index contributed by atoms with van der Waals surface area (Å²) in [5, 5.41) is 0. The minimum Gasteiger partial charge on any atom is -0.496 e. The number of carbonyl (C=O) groups is 1. The van der Waals surface area contributed by atoms with E-state index in [2.05, 4.69) is 4.90 Å². The summed E-state index contributed by atoms with van der Waals surface area (Å²) in [5.41, 5.74) is 1.71. The van der Waals surface area contributed by atoms with Gasteiger partial charge in [0, 0.05) is 38.3 Å². The molecular formula is C22H27FN2O4. The molecule has 2 aromatic carbocycles. The van der Waals surface area contributed by atoms with E-state index in [4.69, 9.17) is 14.2 Å². The van der Waals surface area contributed by atoms with Gasteiger partial charge in [-0.05, 0) is 35.9 Å². The molecule has 0 atom stereocenters. The van der Waals surface area contributed by atoms with Gasteiger partial charge in [-0.15, -0.1) is 0 Å². The quantitative estimate of drug-likeness (QED) is 0.713. The number of hydrogen-bond donors (Lipinski definition) is 0. The third kappa shape index (κ3) is 5.17. The molecule has 0 radical (unpaired) electrons. The highest BCUT2D eigenvalue weighted by Crippen LogP contribution is 2.28. The average molecular weight is 402 g/mol. The largest absolute Gasteiger partial charge is 0.496 e. The van der Waals surface area contributed by atoms with Crippen LogP contribution in [0.25, 0.3) is 0 Å². The molecule has 0 unspecified atom stereocenters. The molecular weight excluding hydrogens is 375 g/mol. The second-order valence-corrected chi connectivity index (χ2v) is 6.98. The predicted octanol–water partition coefficient (Wildman–Crippen LogP) is 2.74. The molecule has 2 aromatic rings. The Balaban J connectivity index is 1.55. The highest BCUT2D eigenvalue weighted by atomic mass is 19.1. The van der Waals surface area contributed by atoms with E-state index < -0.39 is 0 Å². The van der Waals surface area contributed by atoms with E-state index in [0.29, 0.717) is 43.3 Å². The van der Waals surface area contributed by atoms with Crippen LogP contribution >= 0.6 is 0 Å². The molecule has 0 N–H and O–H groups in total. The third-order valence-electron chi connectivity index (χ3n) is 5.16. The molecule has 1 saturated heterocycles. The molecule has 1 aliphatic rings. The molecule has 1 heterocycles. The van der Waals surface area contributed by atoms with Gasteiger partial charge >= 0.3 is 0 Å². The Bertz CT molecular complexity index is 851. The first-order valence-electron chi connectivity index (χ1n) is 9.57. The highest BCUT2D eigenvalue weighted by Gasteiger charge is 2.22. The molecule has 1 aliphatic heterocycles. The van der Waals surface area contributed by atoms with Crippen molar-refractivity contribution in [2.75, 3.05) is 47.5 Å². The predicted molar refractivity (Wildman–Crippen MR) is 108 cm³/mol. The van der Waals surface area contributed by atoms with Gasteiger partial charge in [0.2, 0.25) is 5.91 Å². The van der Waals surface area contributed by atoms with E-state index in [0.717, 1.165) is 24.2 Å². The van der Waals surface area contributed by atoms with Gasteiger partial charge in [-0.1, -0.05) is 6.07 Å². The maximum atomic E-state index is 13.6. The zero-order valence-electron chi connectivity index (χ0n) is 17.1. The van der Waals surface area contributed by atoms with Crippen LogP contribution in [0.2, 0.25) is 0 Å². The maximum Gasteiger partial charge on any atom is 0.227 e.